The van der Waals surface area contributed by atoms with E-state index in [9.17, 15) is 0 Å². The summed E-state index contributed by atoms with van der Waals surface area (Å²) in [4.78, 5) is 0. The molecule has 74 valence electrons. The largest absolute Gasteiger partial charge is 0.381 e. The lowest BCUT2D eigenvalue weighted by Crippen LogP contribution is -2.05. The minimum Gasteiger partial charge on any atom is -0.381 e. The third-order valence-corrected chi connectivity index (χ3v) is 1.74. The van der Waals surface area contributed by atoms with Gasteiger partial charge in [-0.1, -0.05) is 0 Å². The van der Waals surface area contributed by atoms with Gasteiger partial charge in [-0.05, 0) is 26.2 Å². The van der Waals surface area contributed by atoms with Gasteiger partial charge in [-0.15, -0.1) is 0 Å². The van der Waals surface area contributed by atoms with E-state index in [2.05, 4.69) is 9.47 Å². The van der Waals surface area contributed by atoms with E-state index in [-0.39, 0.29) is 6.29 Å². The minimum atomic E-state index is -0.0648. The van der Waals surface area contributed by atoms with E-state index in [1.807, 2.05) is 6.92 Å². The molecule has 0 radical (unpaired) electrons. The van der Waals surface area contributed by atoms with Crippen LogP contribution in [-0.4, -0.2) is 33.7 Å². The van der Waals surface area contributed by atoms with E-state index >= 15 is 0 Å². The fraction of sp³-hybridized carbons (Fsp3) is 1.00. The molecule has 0 bridgehead atoms. The summed E-state index contributed by atoms with van der Waals surface area (Å²) in [5.74, 6) is 0. The van der Waals surface area contributed by atoms with Crippen molar-refractivity contribution < 1.29 is 14.2 Å². The monoisotopic (exact) mass is 176 g/mol. The van der Waals surface area contributed by atoms with Gasteiger partial charge < -0.3 is 14.2 Å². The molecule has 12 heavy (non-hydrogen) atoms. The van der Waals surface area contributed by atoms with E-state index in [4.69, 9.17) is 4.74 Å². The normalized spacial score (nSPS) is 17.0. The Morgan fingerprint density at radius 3 is 1.58 bits per heavy atom. The third-order valence-electron chi connectivity index (χ3n) is 1.74. The van der Waals surface area contributed by atoms with Gasteiger partial charge in [-0.25, -0.2) is 0 Å². The number of hydrogen-bond acceptors (Lipinski definition) is 3. The molecule has 0 atom stereocenters. The van der Waals surface area contributed by atoms with Crippen molar-refractivity contribution in [3.63, 3.8) is 0 Å². The number of ether oxygens (including phenoxy) is 3. The quantitative estimate of drug-likeness (QED) is 0.600. The average Bonchev–Trinajstić information content (AvgIpc) is 2.20. The maximum Gasteiger partial charge on any atom is 0.154 e. The molecule has 0 N–H and O–H groups in total. The lowest BCUT2D eigenvalue weighted by Gasteiger charge is -2.08. The Kier molecular flexibility index (Phi) is 8.88. The molecule has 1 saturated heterocycles. The summed E-state index contributed by atoms with van der Waals surface area (Å²) in [6, 6.07) is 0. The van der Waals surface area contributed by atoms with Crippen molar-refractivity contribution >= 4 is 0 Å². The highest BCUT2D eigenvalue weighted by Gasteiger charge is 1.95. The molecule has 1 rings (SSSR count). The first kappa shape index (κ1) is 11.9. The van der Waals surface area contributed by atoms with Crippen molar-refractivity contribution in [2.75, 3.05) is 27.4 Å². The Morgan fingerprint density at radius 2 is 1.50 bits per heavy atom. The fourth-order valence-corrected chi connectivity index (χ4v) is 0.783. The van der Waals surface area contributed by atoms with E-state index in [1.165, 1.54) is 19.3 Å². The van der Waals surface area contributed by atoms with Crippen LogP contribution in [0, 0.1) is 0 Å². The molecule has 1 fully saturated rings. The lowest BCUT2D eigenvalue weighted by atomic mass is 10.2. The summed E-state index contributed by atoms with van der Waals surface area (Å²) in [7, 11) is 3.21. The van der Waals surface area contributed by atoms with E-state index in [0.29, 0.717) is 0 Å². The number of rotatable bonds is 2. The van der Waals surface area contributed by atoms with Crippen molar-refractivity contribution in [1.29, 1.82) is 0 Å². The van der Waals surface area contributed by atoms with Gasteiger partial charge in [-0.3, -0.25) is 0 Å². The second-order valence-electron chi connectivity index (χ2n) is 2.71. The highest BCUT2D eigenvalue weighted by Crippen LogP contribution is 2.02. The van der Waals surface area contributed by atoms with E-state index in [1.54, 1.807) is 14.2 Å². The molecule has 3 heteroatoms. The summed E-state index contributed by atoms with van der Waals surface area (Å²) in [5.41, 5.74) is 0. The van der Waals surface area contributed by atoms with Crippen LogP contribution >= 0.6 is 0 Å². The second kappa shape index (κ2) is 8.97. The zero-order valence-electron chi connectivity index (χ0n) is 8.34. The first-order valence-corrected chi connectivity index (χ1v) is 4.44. The summed E-state index contributed by atoms with van der Waals surface area (Å²) in [6.45, 7) is 3.83. The maximum absolute atomic E-state index is 5.07. The van der Waals surface area contributed by atoms with Gasteiger partial charge >= 0.3 is 0 Å². The molecule has 1 aliphatic rings. The van der Waals surface area contributed by atoms with Gasteiger partial charge in [0.2, 0.25) is 0 Å². The van der Waals surface area contributed by atoms with Gasteiger partial charge in [0, 0.05) is 27.4 Å². The van der Waals surface area contributed by atoms with E-state index in [0.717, 1.165) is 13.2 Å². The summed E-state index contributed by atoms with van der Waals surface area (Å²) in [5, 5.41) is 0. The minimum absolute atomic E-state index is 0.0648. The zero-order chi connectivity index (χ0) is 9.23. The van der Waals surface area contributed by atoms with E-state index < -0.39 is 0 Å². The van der Waals surface area contributed by atoms with Gasteiger partial charge in [0.15, 0.2) is 6.29 Å². The molecule has 0 saturated carbocycles. The van der Waals surface area contributed by atoms with Crippen LogP contribution in [0.25, 0.3) is 0 Å². The van der Waals surface area contributed by atoms with Crippen molar-refractivity contribution in [2.24, 2.45) is 0 Å². The fourth-order valence-electron chi connectivity index (χ4n) is 0.783. The Bertz CT molecular complexity index is 66.3. The first-order valence-electron chi connectivity index (χ1n) is 4.44. The highest BCUT2D eigenvalue weighted by molar-refractivity contribution is 4.45. The van der Waals surface area contributed by atoms with Gasteiger partial charge in [0.1, 0.15) is 0 Å². The number of methoxy groups -OCH3 is 2. The SMILES string of the molecule is C1CCOCC1.COC(C)OC. The van der Waals surface area contributed by atoms with Crippen molar-refractivity contribution in [2.45, 2.75) is 32.5 Å². The van der Waals surface area contributed by atoms with Crippen LogP contribution in [0.2, 0.25) is 0 Å². The predicted octanol–water partition coefficient (Wildman–Crippen LogP) is 1.81. The molecule has 0 aromatic heterocycles. The average molecular weight is 176 g/mol. The van der Waals surface area contributed by atoms with Crippen LogP contribution in [0.1, 0.15) is 26.2 Å². The second-order valence-corrected chi connectivity index (χ2v) is 2.71. The Labute approximate surface area is 75.0 Å². The van der Waals surface area contributed by atoms with Crippen LogP contribution < -0.4 is 0 Å². The topological polar surface area (TPSA) is 27.7 Å². The molecule has 0 aliphatic carbocycles. The molecule has 0 spiro atoms. The van der Waals surface area contributed by atoms with Gasteiger partial charge in [0.05, 0.1) is 0 Å². The van der Waals surface area contributed by atoms with Gasteiger partial charge in [-0.2, -0.15) is 0 Å². The third kappa shape index (κ3) is 7.98. The maximum atomic E-state index is 5.07. The van der Waals surface area contributed by atoms with Crippen LogP contribution in [0.4, 0.5) is 0 Å². The molecule has 0 unspecified atom stereocenters. The summed E-state index contributed by atoms with van der Waals surface area (Å²) in [6.07, 6.45) is 3.87. The molecule has 3 nitrogen and oxygen atoms in total. The molecule has 1 heterocycles. The smallest absolute Gasteiger partial charge is 0.154 e. The van der Waals surface area contributed by atoms with Crippen molar-refractivity contribution in [1.82, 2.24) is 0 Å². The molecule has 1 aliphatic heterocycles. The Balaban J connectivity index is 0.000000202. The standard InChI is InChI=1S/C5H10O.C4H10O2/c1-2-4-6-5-3-1;1-4(5-2)6-3/h1-5H2;4H,1-3H3. The number of hydrogen-bond donors (Lipinski definition) is 0. The van der Waals surface area contributed by atoms with Gasteiger partial charge in [0.25, 0.3) is 0 Å². The highest BCUT2D eigenvalue weighted by atomic mass is 16.7. The molecular weight excluding hydrogens is 156 g/mol. The van der Waals surface area contributed by atoms with Crippen LogP contribution in [0.3, 0.4) is 0 Å². The summed E-state index contributed by atoms with van der Waals surface area (Å²) >= 11 is 0. The Morgan fingerprint density at radius 1 is 1.00 bits per heavy atom. The zero-order valence-corrected chi connectivity index (χ0v) is 8.34. The molecule has 0 amide bonds. The van der Waals surface area contributed by atoms with Crippen LogP contribution in [0.15, 0.2) is 0 Å². The molecule has 0 aromatic rings. The Hall–Kier alpha value is -0.120. The lowest BCUT2D eigenvalue weighted by molar-refractivity contribution is -0.0877. The molecule has 0 aromatic carbocycles. The first-order chi connectivity index (χ1) is 5.81. The summed E-state index contributed by atoms with van der Waals surface area (Å²) < 4.78 is 14.4. The van der Waals surface area contributed by atoms with Crippen molar-refractivity contribution in [3.8, 4) is 0 Å². The van der Waals surface area contributed by atoms with Crippen LogP contribution in [0.5, 0.6) is 0 Å². The van der Waals surface area contributed by atoms with Crippen molar-refractivity contribution in [3.05, 3.63) is 0 Å². The molecular formula is C9H20O3. The predicted molar refractivity (Wildman–Crippen MR) is 48.2 cm³/mol. The van der Waals surface area contributed by atoms with Crippen LogP contribution in [-0.2, 0) is 14.2 Å².